The lowest BCUT2D eigenvalue weighted by atomic mass is 10.2. The molecule has 4 rings (SSSR count). The summed E-state index contributed by atoms with van der Waals surface area (Å²) in [7, 11) is 0. The third-order valence-corrected chi connectivity index (χ3v) is 5.89. The highest BCUT2D eigenvalue weighted by Crippen LogP contribution is 2.21. The molecular formula is C21H23N3O4S. The number of hydrogen-bond donors (Lipinski definition) is 1. The molecule has 0 radical (unpaired) electrons. The van der Waals surface area contributed by atoms with Gasteiger partial charge in [-0.2, -0.15) is 0 Å². The fourth-order valence-corrected chi connectivity index (χ4v) is 4.25. The molecular weight excluding hydrogens is 390 g/mol. The maximum Gasteiger partial charge on any atom is 0.262 e. The largest absolute Gasteiger partial charge is 0.467 e. The average Bonchev–Trinajstić information content (AvgIpc) is 3.43. The first kappa shape index (κ1) is 19.7. The summed E-state index contributed by atoms with van der Waals surface area (Å²) in [4.78, 5) is 30.1. The highest BCUT2D eigenvalue weighted by Gasteiger charge is 2.21. The van der Waals surface area contributed by atoms with Crippen molar-refractivity contribution in [3.63, 3.8) is 0 Å². The van der Waals surface area contributed by atoms with Crippen LogP contribution in [0.3, 0.4) is 0 Å². The molecule has 0 unspecified atom stereocenters. The minimum atomic E-state index is -0.225. The van der Waals surface area contributed by atoms with Gasteiger partial charge in [-0.05, 0) is 44.0 Å². The van der Waals surface area contributed by atoms with E-state index in [2.05, 4.69) is 10.3 Å². The second-order valence-corrected chi connectivity index (χ2v) is 8.00. The number of amides is 1. The number of nitrogens with one attached hydrogen (secondary N) is 1. The number of aromatic nitrogens is 2. The molecule has 2 aromatic heterocycles. The number of rotatable bonds is 7. The van der Waals surface area contributed by atoms with Crippen molar-refractivity contribution in [3.05, 3.63) is 58.8 Å². The average molecular weight is 413 g/mol. The maximum atomic E-state index is 13.1. The smallest absolute Gasteiger partial charge is 0.262 e. The number of ether oxygens (including phenoxy) is 1. The SMILES string of the molecule is C[C@H](NC(=O)CSc1nc2ccccc2c(=O)n1C[C@H]1CCCO1)c1ccco1. The number of benzene rings is 1. The van der Waals surface area contributed by atoms with E-state index < -0.39 is 0 Å². The van der Waals surface area contributed by atoms with Crippen LogP contribution < -0.4 is 10.9 Å². The Hall–Kier alpha value is -2.58. The van der Waals surface area contributed by atoms with Gasteiger partial charge < -0.3 is 14.5 Å². The molecule has 1 aromatic carbocycles. The van der Waals surface area contributed by atoms with Crippen LogP contribution in [0.25, 0.3) is 10.9 Å². The van der Waals surface area contributed by atoms with E-state index in [9.17, 15) is 9.59 Å². The predicted molar refractivity (Wildman–Crippen MR) is 111 cm³/mol. The molecule has 0 aliphatic carbocycles. The third-order valence-electron chi connectivity index (χ3n) is 4.92. The Kier molecular flexibility index (Phi) is 6.01. The van der Waals surface area contributed by atoms with Crippen LogP contribution in [0, 0.1) is 0 Å². The summed E-state index contributed by atoms with van der Waals surface area (Å²) in [5, 5.41) is 4.01. The zero-order chi connectivity index (χ0) is 20.2. The molecule has 8 heteroatoms. The maximum absolute atomic E-state index is 13.1. The molecule has 29 heavy (non-hydrogen) atoms. The Bertz CT molecular complexity index is 1040. The predicted octanol–water partition coefficient (Wildman–Crippen LogP) is 3.14. The van der Waals surface area contributed by atoms with E-state index in [0.717, 1.165) is 19.4 Å². The normalized spacial score (nSPS) is 17.5. The number of para-hydroxylation sites is 1. The number of carbonyl (C=O) groups is 1. The zero-order valence-corrected chi connectivity index (χ0v) is 17.0. The number of fused-ring (bicyclic) bond motifs is 1. The first-order valence-corrected chi connectivity index (χ1v) is 10.7. The molecule has 1 aliphatic heterocycles. The highest BCUT2D eigenvalue weighted by atomic mass is 32.2. The highest BCUT2D eigenvalue weighted by molar-refractivity contribution is 7.99. The molecule has 1 fully saturated rings. The van der Waals surface area contributed by atoms with Gasteiger partial charge in [0.2, 0.25) is 5.91 Å². The third kappa shape index (κ3) is 4.54. The summed E-state index contributed by atoms with van der Waals surface area (Å²) in [6.07, 6.45) is 3.50. The minimum Gasteiger partial charge on any atom is -0.467 e. The quantitative estimate of drug-likeness (QED) is 0.473. The zero-order valence-electron chi connectivity index (χ0n) is 16.2. The number of thioether (sulfide) groups is 1. The summed E-state index contributed by atoms with van der Waals surface area (Å²) < 4.78 is 12.7. The van der Waals surface area contributed by atoms with Crippen molar-refractivity contribution >= 4 is 28.6 Å². The molecule has 1 amide bonds. The van der Waals surface area contributed by atoms with Crippen molar-refractivity contribution in [1.29, 1.82) is 0 Å². The summed E-state index contributed by atoms with van der Waals surface area (Å²) in [6.45, 7) is 3.03. The molecule has 3 heterocycles. The van der Waals surface area contributed by atoms with E-state index in [1.165, 1.54) is 11.8 Å². The van der Waals surface area contributed by atoms with E-state index in [1.54, 1.807) is 23.0 Å². The lowest BCUT2D eigenvalue weighted by molar-refractivity contribution is -0.119. The molecule has 152 valence electrons. The van der Waals surface area contributed by atoms with Crippen molar-refractivity contribution < 1.29 is 13.9 Å². The lowest BCUT2D eigenvalue weighted by Crippen LogP contribution is -2.30. The van der Waals surface area contributed by atoms with E-state index in [4.69, 9.17) is 9.15 Å². The van der Waals surface area contributed by atoms with Crippen LogP contribution in [0.2, 0.25) is 0 Å². The van der Waals surface area contributed by atoms with Crippen LogP contribution >= 0.6 is 11.8 Å². The second-order valence-electron chi connectivity index (χ2n) is 7.06. The Morgan fingerprint density at radius 2 is 2.21 bits per heavy atom. The van der Waals surface area contributed by atoms with Crippen LogP contribution in [-0.2, 0) is 16.1 Å². The van der Waals surface area contributed by atoms with E-state index in [-0.39, 0.29) is 29.4 Å². The molecule has 3 aromatic rings. The number of hydrogen-bond acceptors (Lipinski definition) is 6. The number of nitrogens with zero attached hydrogens (tertiary/aromatic N) is 2. The monoisotopic (exact) mass is 413 g/mol. The summed E-state index contributed by atoms with van der Waals surface area (Å²) in [6, 6.07) is 10.7. The lowest BCUT2D eigenvalue weighted by Gasteiger charge is -2.17. The second kappa shape index (κ2) is 8.84. The standard InChI is InChI=1S/C21H23N3O4S/c1-14(18-9-5-11-28-18)22-19(25)13-29-21-23-17-8-3-2-7-16(17)20(26)24(21)12-15-6-4-10-27-15/h2-3,5,7-9,11,14-15H,4,6,10,12-13H2,1H3,(H,22,25)/t14-,15+/m0/s1. The van der Waals surface area contributed by atoms with Crippen LogP contribution in [0.5, 0.6) is 0 Å². The molecule has 1 N–H and O–H groups in total. The van der Waals surface area contributed by atoms with Gasteiger partial charge >= 0.3 is 0 Å². The van der Waals surface area contributed by atoms with Crippen LogP contribution in [-0.4, -0.2) is 33.9 Å². The molecule has 0 saturated carbocycles. The van der Waals surface area contributed by atoms with Gasteiger partial charge in [-0.3, -0.25) is 14.2 Å². The Morgan fingerprint density at radius 1 is 1.34 bits per heavy atom. The van der Waals surface area contributed by atoms with Crippen molar-refractivity contribution in [3.8, 4) is 0 Å². The van der Waals surface area contributed by atoms with Gasteiger partial charge in [0.15, 0.2) is 5.16 Å². The molecule has 7 nitrogen and oxygen atoms in total. The van der Waals surface area contributed by atoms with Crippen molar-refractivity contribution in [1.82, 2.24) is 14.9 Å². The van der Waals surface area contributed by atoms with Gasteiger partial charge in [0.1, 0.15) is 5.76 Å². The van der Waals surface area contributed by atoms with Gasteiger partial charge in [0.05, 0.1) is 41.6 Å². The number of furan rings is 1. The van der Waals surface area contributed by atoms with E-state index in [0.29, 0.717) is 28.4 Å². The Morgan fingerprint density at radius 3 is 2.97 bits per heavy atom. The van der Waals surface area contributed by atoms with E-state index >= 15 is 0 Å². The molecule has 0 spiro atoms. The van der Waals surface area contributed by atoms with Crippen molar-refractivity contribution in [2.75, 3.05) is 12.4 Å². The van der Waals surface area contributed by atoms with E-state index in [1.807, 2.05) is 31.2 Å². The van der Waals surface area contributed by atoms with Crippen LogP contribution in [0.15, 0.2) is 57.0 Å². The molecule has 1 aliphatic rings. The van der Waals surface area contributed by atoms with Gasteiger partial charge in [0, 0.05) is 6.61 Å². The topological polar surface area (TPSA) is 86.4 Å². The first-order valence-electron chi connectivity index (χ1n) is 9.68. The fourth-order valence-electron chi connectivity index (χ4n) is 3.43. The van der Waals surface area contributed by atoms with Gasteiger partial charge in [-0.25, -0.2) is 4.98 Å². The van der Waals surface area contributed by atoms with Crippen LogP contribution in [0.4, 0.5) is 0 Å². The van der Waals surface area contributed by atoms with Crippen molar-refractivity contribution in [2.24, 2.45) is 0 Å². The Labute approximate surface area is 172 Å². The van der Waals surface area contributed by atoms with Gasteiger partial charge in [-0.1, -0.05) is 23.9 Å². The van der Waals surface area contributed by atoms with Crippen LogP contribution in [0.1, 0.15) is 31.6 Å². The summed E-state index contributed by atoms with van der Waals surface area (Å²) in [5.74, 6) is 0.703. The van der Waals surface area contributed by atoms with Gasteiger partial charge in [-0.15, -0.1) is 0 Å². The molecule has 1 saturated heterocycles. The van der Waals surface area contributed by atoms with Gasteiger partial charge in [0.25, 0.3) is 5.56 Å². The van der Waals surface area contributed by atoms with Crippen molar-refractivity contribution in [2.45, 2.75) is 43.6 Å². The fraction of sp³-hybridized carbons (Fsp3) is 0.381. The molecule has 0 bridgehead atoms. The summed E-state index contributed by atoms with van der Waals surface area (Å²) in [5.41, 5.74) is 0.533. The summed E-state index contributed by atoms with van der Waals surface area (Å²) >= 11 is 1.26. The molecule has 2 atom stereocenters. The number of carbonyl (C=O) groups excluding carboxylic acids is 1. The first-order chi connectivity index (χ1) is 14.1. The minimum absolute atomic E-state index is 0.00261. The Balaban J connectivity index is 1.53.